The third kappa shape index (κ3) is 4.33. The summed E-state index contributed by atoms with van der Waals surface area (Å²) in [7, 11) is -6.41. The van der Waals surface area contributed by atoms with Crippen molar-refractivity contribution in [2.75, 3.05) is 0 Å². The number of esters is 2. The van der Waals surface area contributed by atoms with E-state index in [1.165, 1.54) is 0 Å². The Labute approximate surface area is 149 Å². The molecule has 0 heterocycles. The molecule has 0 rings (SSSR count). The van der Waals surface area contributed by atoms with Crippen LogP contribution in [-0.2, 0) is 19.1 Å². The average molecular weight is 428 g/mol. The molecule has 0 aliphatic rings. The van der Waals surface area contributed by atoms with Crippen molar-refractivity contribution in [3.05, 3.63) is 24.3 Å². The smallest absolute Gasteiger partial charge is 0.393 e. The van der Waals surface area contributed by atoms with Crippen LogP contribution < -0.4 is 0 Å². The minimum absolute atomic E-state index is 0.196. The molecule has 0 amide bonds. The molecule has 27 heavy (non-hydrogen) atoms. The van der Waals surface area contributed by atoms with Crippen LogP contribution in [0.3, 0.4) is 0 Å². The van der Waals surface area contributed by atoms with Gasteiger partial charge in [-0.05, 0) is 13.8 Å². The van der Waals surface area contributed by atoms with Crippen LogP contribution in [0.1, 0.15) is 13.8 Å². The Balaban J connectivity index is 6.10. The van der Waals surface area contributed by atoms with Gasteiger partial charge in [0.1, 0.15) is 0 Å². The third-order valence-electron chi connectivity index (χ3n) is 3.44. The maximum Gasteiger partial charge on any atom is 0.462 e. The topological polar surface area (TPSA) is 52.6 Å². The lowest BCUT2D eigenvalue weighted by molar-refractivity contribution is -0.324. The van der Waals surface area contributed by atoms with Crippen molar-refractivity contribution in [1.29, 1.82) is 0 Å². The van der Waals surface area contributed by atoms with E-state index in [1.807, 2.05) is 0 Å². The fraction of sp³-hybridized carbons (Fsp3) is 0.571. The second-order valence-corrected chi connectivity index (χ2v) is 10.7. The van der Waals surface area contributed by atoms with E-state index in [0.29, 0.717) is 0 Å². The first-order valence-electron chi connectivity index (χ1n) is 6.94. The summed E-state index contributed by atoms with van der Waals surface area (Å²) in [5, 5.41) is 0. The van der Waals surface area contributed by atoms with Crippen molar-refractivity contribution in [2.24, 2.45) is 0 Å². The number of carbonyl (C=O) groups is 2. The summed E-state index contributed by atoms with van der Waals surface area (Å²) in [5.74, 6) is -4.10. The Kier molecular flexibility index (Phi) is 6.73. The fourth-order valence-corrected chi connectivity index (χ4v) is 3.41. The zero-order valence-corrected chi connectivity index (χ0v) is 15.6. The Morgan fingerprint density at radius 2 is 0.926 bits per heavy atom. The zero-order chi connectivity index (χ0) is 22.2. The summed E-state index contributed by atoms with van der Waals surface area (Å²) in [6.07, 6.45) is -11.7. The number of alkyl halides is 8. The molecule has 0 radical (unpaired) electrons. The minimum Gasteiger partial charge on any atom is -0.393 e. The SMILES string of the molecule is C=C(C)C(=O)OC(F)(F)C(F)(F)[Si](C)(C)C(F)(F)C(F)(F)OC(=O)C(=C)C. The molecule has 0 aromatic heterocycles. The molecule has 0 aliphatic heterocycles. The fourth-order valence-electron chi connectivity index (χ4n) is 1.46. The monoisotopic (exact) mass is 428 g/mol. The highest BCUT2D eigenvalue weighted by molar-refractivity contribution is 6.82. The number of halogens is 8. The molecule has 0 saturated heterocycles. The van der Waals surface area contributed by atoms with E-state index in [2.05, 4.69) is 22.6 Å². The highest BCUT2D eigenvalue weighted by atomic mass is 28.3. The lowest BCUT2D eigenvalue weighted by Gasteiger charge is -2.42. The summed E-state index contributed by atoms with van der Waals surface area (Å²) >= 11 is 0. The Morgan fingerprint density at radius 1 is 0.704 bits per heavy atom. The van der Waals surface area contributed by atoms with Gasteiger partial charge >= 0.3 is 35.2 Å². The Bertz CT molecular complexity index is 604. The van der Waals surface area contributed by atoms with Gasteiger partial charge in [-0.2, -0.15) is 17.6 Å². The highest BCUT2D eigenvalue weighted by Crippen LogP contribution is 2.53. The van der Waals surface area contributed by atoms with Crippen LogP contribution in [0.25, 0.3) is 0 Å². The molecule has 0 aromatic rings. The maximum absolute atomic E-state index is 14.2. The summed E-state index contributed by atoms with van der Waals surface area (Å²) in [5.41, 5.74) is -13.3. The maximum atomic E-state index is 14.2. The van der Waals surface area contributed by atoms with Crippen molar-refractivity contribution in [3.63, 3.8) is 0 Å². The van der Waals surface area contributed by atoms with Crippen molar-refractivity contribution in [1.82, 2.24) is 0 Å². The van der Waals surface area contributed by atoms with Crippen molar-refractivity contribution < 1.29 is 54.2 Å². The van der Waals surface area contributed by atoms with E-state index < -0.39 is 54.5 Å². The van der Waals surface area contributed by atoms with Gasteiger partial charge in [-0.25, -0.2) is 27.2 Å². The number of rotatable bonds is 8. The van der Waals surface area contributed by atoms with Crippen LogP contribution in [0.5, 0.6) is 0 Å². The average Bonchev–Trinajstić information content (AvgIpc) is 2.44. The molecule has 0 unspecified atom stereocenters. The van der Waals surface area contributed by atoms with Gasteiger partial charge in [-0.15, -0.1) is 0 Å². The molecule has 0 aliphatic carbocycles. The molecule has 0 atom stereocenters. The van der Waals surface area contributed by atoms with E-state index in [0.717, 1.165) is 13.8 Å². The van der Waals surface area contributed by atoms with E-state index in [4.69, 9.17) is 0 Å². The van der Waals surface area contributed by atoms with Crippen LogP contribution in [0, 0.1) is 0 Å². The van der Waals surface area contributed by atoms with Crippen molar-refractivity contribution in [2.45, 2.75) is 50.3 Å². The molecule has 0 fully saturated rings. The summed E-state index contributed by atoms with van der Waals surface area (Å²) in [4.78, 5) is 22.1. The molecular formula is C14H16F8O4Si. The van der Waals surface area contributed by atoms with E-state index in [-0.39, 0.29) is 13.1 Å². The second-order valence-electron chi connectivity index (χ2n) is 6.15. The molecular weight excluding hydrogens is 412 g/mol. The van der Waals surface area contributed by atoms with Gasteiger partial charge in [-0.1, -0.05) is 26.3 Å². The lowest BCUT2D eigenvalue weighted by atomic mass is 10.4. The molecule has 0 saturated carbocycles. The molecule has 156 valence electrons. The normalized spacial score (nSPS) is 13.8. The molecule has 0 bridgehead atoms. The van der Waals surface area contributed by atoms with Crippen LogP contribution in [0.4, 0.5) is 35.1 Å². The number of hydrogen-bond donors (Lipinski definition) is 0. The van der Waals surface area contributed by atoms with Gasteiger partial charge < -0.3 is 9.47 Å². The summed E-state index contributed by atoms with van der Waals surface area (Å²) < 4.78 is 118. The van der Waals surface area contributed by atoms with Gasteiger partial charge in [0.15, 0.2) is 0 Å². The van der Waals surface area contributed by atoms with Crippen LogP contribution in [0.15, 0.2) is 24.3 Å². The summed E-state index contributed by atoms with van der Waals surface area (Å²) in [6, 6.07) is 0. The largest absolute Gasteiger partial charge is 0.462 e. The van der Waals surface area contributed by atoms with Crippen LogP contribution in [-0.4, -0.2) is 43.3 Å². The predicted octanol–water partition coefficient (Wildman–Crippen LogP) is 4.47. The first-order valence-corrected chi connectivity index (χ1v) is 9.94. The Hall–Kier alpha value is -1.92. The zero-order valence-electron chi connectivity index (χ0n) is 14.6. The quantitative estimate of drug-likeness (QED) is 0.248. The molecule has 13 heteroatoms. The molecule has 0 N–H and O–H groups in total. The minimum atomic E-state index is -6.41. The second kappa shape index (κ2) is 7.24. The first-order chi connectivity index (χ1) is 11.7. The number of ether oxygens (including phenoxy) is 2. The molecule has 0 aromatic carbocycles. The standard InChI is InChI=1S/C14H16F8O4Si/c1-7(2)9(23)25-11(15,16)13(19,20)27(5,6)14(21,22)12(17,18)26-10(24)8(3)4/h1,3H2,2,4-6H3. The van der Waals surface area contributed by atoms with Gasteiger partial charge in [0.2, 0.25) is 8.07 Å². The number of carbonyl (C=O) groups excluding carboxylic acids is 2. The van der Waals surface area contributed by atoms with Gasteiger partial charge in [0, 0.05) is 11.1 Å². The van der Waals surface area contributed by atoms with Crippen molar-refractivity contribution in [3.8, 4) is 0 Å². The highest BCUT2D eigenvalue weighted by Gasteiger charge is 2.83. The van der Waals surface area contributed by atoms with E-state index >= 15 is 0 Å². The van der Waals surface area contributed by atoms with Crippen molar-refractivity contribution >= 4 is 20.0 Å². The Morgan fingerprint density at radius 3 is 1.11 bits per heavy atom. The number of hydrogen-bond acceptors (Lipinski definition) is 4. The summed E-state index contributed by atoms with van der Waals surface area (Å²) in [6.45, 7) is 6.91. The van der Waals surface area contributed by atoms with E-state index in [1.54, 1.807) is 0 Å². The first kappa shape index (κ1) is 25.1. The van der Waals surface area contributed by atoms with Crippen LogP contribution >= 0.6 is 0 Å². The van der Waals surface area contributed by atoms with Gasteiger partial charge in [-0.3, -0.25) is 0 Å². The molecule has 0 spiro atoms. The van der Waals surface area contributed by atoms with E-state index in [9.17, 15) is 44.7 Å². The molecule has 4 nitrogen and oxygen atoms in total. The predicted molar refractivity (Wildman–Crippen MR) is 79.1 cm³/mol. The third-order valence-corrected chi connectivity index (χ3v) is 7.16. The van der Waals surface area contributed by atoms with Crippen LogP contribution in [0.2, 0.25) is 13.1 Å². The lowest BCUT2D eigenvalue weighted by Crippen LogP contribution is -2.73. The van der Waals surface area contributed by atoms with Gasteiger partial charge in [0.25, 0.3) is 0 Å². The van der Waals surface area contributed by atoms with Gasteiger partial charge in [0.05, 0.1) is 0 Å².